The standard InChI is InChI=1S/C7H13NO2/c1-5(2)3-7(8)4-10-6(7)9/h5H,3-4,8H2,1-2H3/t7-/m0/s1. The minimum atomic E-state index is -0.659. The maximum absolute atomic E-state index is 10.7. The van der Waals surface area contributed by atoms with Gasteiger partial charge in [-0.25, -0.2) is 4.79 Å². The van der Waals surface area contributed by atoms with E-state index in [9.17, 15) is 4.79 Å². The summed E-state index contributed by atoms with van der Waals surface area (Å²) in [6.45, 7) is 4.48. The third kappa shape index (κ3) is 1.14. The van der Waals surface area contributed by atoms with Crippen LogP contribution in [0.5, 0.6) is 0 Å². The molecule has 0 aromatic carbocycles. The molecule has 1 rings (SSSR count). The van der Waals surface area contributed by atoms with E-state index in [1.807, 2.05) is 13.8 Å². The van der Waals surface area contributed by atoms with Gasteiger partial charge < -0.3 is 10.5 Å². The molecule has 0 spiro atoms. The highest BCUT2D eigenvalue weighted by atomic mass is 16.6. The third-order valence-corrected chi connectivity index (χ3v) is 1.64. The summed E-state index contributed by atoms with van der Waals surface area (Å²) in [6.07, 6.45) is 0.728. The predicted molar refractivity (Wildman–Crippen MR) is 37.3 cm³/mol. The van der Waals surface area contributed by atoms with Crippen molar-refractivity contribution in [3.63, 3.8) is 0 Å². The Hall–Kier alpha value is -0.570. The summed E-state index contributed by atoms with van der Waals surface area (Å²) in [6, 6.07) is 0. The first-order valence-corrected chi connectivity index (χ1v) is 3.51. The van der Waals surface area contributed by atoms with Crippen LogP contribution in [0.1, 0.15) is 20.3 Å². The molecule has 10 heavy (non-hydrogen) atoms. The van der Waals surface area contributed by atoms with E-state index in [0.29, 0.717) is 12.5 Å². The lowest BCUT2D eigenvalue weighted by Gasteiger charge is -2.36. The average molecular weight is 143 g/mol. The molecule has 0 radical (unpaired) electrons. The van der Waals surface area contributed by atoms with Crippen LogP contribution in [0.4, 0.5) is 0 Å². The highest BCUT2D eigenvalue weighted by Gasteiger charge is 2.45. The SMILES string of the molecule is CC(C)C[C@]1(N)COC1=O. The first-order chi connectivity index (χ1) is 4.54. The van der Waals surface area contributed by atoms with Gasteiger partial charge in [-0.1, -0.05) is 13.8 Å². The second-order valence-electron chi connectivity index (χ2n) is 3.33. The van der Waals surface area contributed by atoms with Crippen molar-refractivity contribution >= 4 is 5.97 Å². The Kier molecular flexibility index (Phi) is 1.68. The van der Waals surface area contributed by atoms with Gasteiger partial charge in [-0.2, -0.15) is 0 Å². The fourth-order valence-corrected chi connectivity index (χ4v) is 1.19. The van der Waals surface area contributed by atoms with Crippen molar-refractivity contribution in [1.29, 1.82) is 0 Å². The summed E-state index contributed by atoms with van der Waals surface area (Å²) < 4.78 is 4.58. The van der Waals surface area contributed by atoms with E-state index in [2.05, 4.69) is 4.74 Å². The van der Waals surface area contributed by atoms with Crippen LogP contribution >= 0.6 is 0 Å². The summed E-state index contributed by atoms with van der Waals surface area (Å²) in [5, 5.41) is 0. The molecule has 1 aliphatic heterocycles. The highest BCUT2D eigenvalue weighted by Crippen LogP contribution is 2.23. The highest BCUT2D eigenvalue weighted by molar-refractivity contribution is 5.85. The largest absolute Gasteiger partial charge is 0.462 e. The molecule has 2 N–H and O–H groups in total. The van der Waals surface area contributed by atoms with Gasteiger partial charge in [0.25, 0.3) is 0 Å². The maximum Gasteiger partial charge on any atom is 0.329 e. The number of cyclic esters (lactones) is 1. The van der Waals surface area contributed by atoms with Crippen molar-refractivity contribution in [3.05, 3.63) is 0 Å². The van der Waals surface area contributed by atoms with Gasteiger partial charge in [0.05, 0.1) is 0 Å². The Labute approximate surface area is 60.5 Å². The molecule has 1 saturated heterocycles. The molecule has 0 unspecified atom stereocenters. The molecular formula is C7H13NO2. The van der Waals surface area contributed by atoms with Crippen LogP contribution in [0, 0.1) is 5.92 Å². The zero-order chi connectivity index (χ0) is 7.78. The van der Waals surface area contributed by atoms with Gasteiger partial charge >= 0.3 is 5.97 Å². The molecule has 58 valence electrons. The van der Waals surface area contributed by atoms with Gasteiger partial charge in [0.15, 0.2) is 0 Å². The Balaban J connectivity index is 2.45. The van der Waals surface area contributed by atoms with Crippen LogP contribution in [0.25, 0.3) is 0 Å². The van der Waals surface area contributed by atoms with E-state index in [1.165, 1.54) is 0 Å². The van der Waals surface area contributed by atoms with E-state index in [0.717, 1.165) is 6.42 Å². The molecule has 0 aromatic heterocycles. The van der Waals surface area contributed by atoms with E-state index in [-0.39, 0.29) is 5.97 Å². The van der Waals surface area contributed by atoms with Crippen molar-refractivity contribution in [2.75, 3.05) is 6.61 Å². The van der Waals surface area contributed by atoms with Crippen molar-refractivity contribution in [2.45, 2.75) is 25.8 Å². The molecule has 1 heterocycles. The van der Waals surface area contributed by atoms with E-state index in [4.69, 9.17) is 5.73 Å². The minimum absolute atomic E-state index is 0.249. The Morgan fingerprint density at radius 2 is 2.40 bits per heavy atom. The Morgan fingerprint density at radius 3 is 2.50 bits per heavy atom. The third-order valence-electron chi connectivity index (χ3n) is 1.64. The predicted octanol–water partition coefficient (Wildman–Crippen LogP) is 0.287. The lowest BCUT2D eigenvalue weighted by Crippen LogP contribution is -2.62. The summed E-state index contributed by atoms with van der Waals surface area (Å²) >= 11 is 0. The summed E-state index contributed by atoms with van der Waals surface area (Å²) in [7, 11) is 0. The van der Waals surface area contributed by atoms with E-state index < -0.39 is 5.54 Å². The van der Waals surface area contributed by atoms with Gasteiger partial charge in [0.1, 0.15) is 12.1 Å². The van der Waals surface area contributed by atoms with Crippen LogP contribution in [0.3, 0.4) is 0 Å². The fourth-order valence-electron chi connectivity index (χ4n) is 1.19. The topological polar surface area (TPSA) is 52.3 Å². The number of nitrogens with two attached hydrogens (primary N) is 1. The fraction of sp³-hybridized carbons (Fsp3) is 0.857. The Morgan fingerprint density at radius 1 is 1.80 bits per heavy atom. The van der Waals surface area contributed by atoms with Crippen LogP contribution in [-0.4, -0.2) is 18.1 Å². The molecule has 0 aromatic rings. The number of rotatable bonds is 2. The van der Waals surface area contributed by atoms with Crippen LogP contribution < -0.4 is 5.73 Å². The molecule has 1 atom stereocenters. The van der Waals surface area contributed by atoms with Crippen molar-refractivity contribution < 1.29 is 9.53 Å². The lowest BCUT2D eigenvalue weighted by atomic mass is 9.87. The molecule has 3 nitrogen and oxygen atoms in total. The van der Waals surface area contributed by atoms with Crippen LogP contribution in [0.2, 0.25) is 0 Å². The molecule has 1 fully saturated rings. The average Bonchev–Trinajstić information content (AvgIpc) is 1.84. The molecular weight excluding hydrogens is 130 g/mol. The smallest absolute Gasteiger partial charge is 0.329 e. The second-order valence-corrected chi connectivity index (χ2v) is 3.33. The number of carbonyl (C=O) groups is 1. The molecule has 0 aliphatic carbocycles. The quantitative estimate of drug-likeness (QED) is 0.565. The van der Waals surface area contributed by atoms with Crippen molar-refractivity contribution in [2.24, 2.45) is 11.7 Å². The van der Waals surface area contributed by atoms with Crippen LogP contribution in [0.15, 0.2) is 0 Å². The van der Waals surface area contributed by atoms with Crippen molar-refractivity contribution in [1.82, 2.24) is 0 Å². The van der Waals surface area contributed by atoms with E-state index in [1.54, 1.807) is 0 Å². The molecule has 0 saturated carbocycles. The zero-order valence-corrected chi connectivity index (χ0v) is 6.39. The lowest BCUT2D eigenvalue weighted by molar-refractivity contribution is -0.173. The normalized spacial score (nSPS) is 31.8. The van der Waals surface area contributed by atoms with E-state index >= 15 is 0 Å². The van der Waals surface area contributed by atoms with Crippen LogP contribution in [-0.2, 0) is 9.53 Å². The Bertz CT molecular complexity index is 156. The van der Waals surface area contributed by atoms with Gasteiger partial charge in [0.2, 0.25) is 0 Å². The number of hydrogen-bond acceptors (Lipinski definition) is 3. The zero-order valence-electron chi connectivity index (χ0n) is 6.39. The van der Waals surface area contributed by atoms with Crippen molar-refractivity contribution in [3.8, 4) is 0 Å². The summed E-state index contributed by atoms with van der Waals surface area (Å²) in [5.74, 6) is 0.207. The number of esters is 1. The molecule has 0 bridgehead atoms. The number of carbonyl (C=O) groups excluding carboxylic acids is 1. The van der Waals surface area contributed by atoms with Gasteiger partial charge in [-0.05, 0) is 12.3 Å². The minimum Gasteiger partial charge on any atom is -0.462 e. The maximum atomic E-state index is 10.7. The molecule has 0 amide bonds. The van der Waals surface area contributed by atoms with Gasteiger partial charge in [-0.15, -0.1) is 0 Å². The number of hydrogen-bond donors (Lipinski definition) is 1. The van der Waals surface area contributed by atoms with Gasteiger partial charge in [-0.3, -0.25) is 0 Å². The summed E-state index contributed by atoms with van der Waals surface area (Å²) in [4.78, 5) is 10.7. The molecule has 3 heteroatoms. The van der Waals surface area contributed by atoms with Gasteiger partial charge in [0, 0.05) is 0 Å². The number of ether oxygens (including phenoxy) is 1. The summed E-state index contributed by atoms with van der Waals surface area (Å²) in [5.41, 5.74) is 5.01. The monoisotopic (exact) mass is 143 g/mol. The second kappa shape index (κ2) is 2.23. The first-order valence-electron chi connectivity index (χ1n) is 3.51. The molecule has 1 aliphatic rings. The first kappa shape index (κ1) is 7.54.